The first-order valence-corrected chi connectivity index (χ1v) is 22.2. The van der Waals surface area contributed by atoms with Crippen molar-refractivity contribution in [1.29, 1.82) is 0 Å². The van der Waals surface area contributed by atoms with Gasteiger partial charge in [0.1, 0.15) is 22.3 Å². The molecule has 2 aliphatic carbocycles. The first-order chi connectivity index (χ1) is 29.7. The van der Waals surface area contributed by atoms with Gasteiger partial charge in [-0.1, -0.05) is 55.4 Å². The number of rotatable bonds is 2. The first kappa shape index (κ1) is 41.4. The summed E-state index contributed by atoms with van der Waals surface area (Å²) in [5.74, 6) is 0. The Hall–Kier alpha value is -5.61. The molecule has 0 spiro atoms. The molecule has 6 aromatic carbocycles. The second-order valence-electron chi connectivity index (χ2n) is 20.5. The summed E-state index contributed by atoms with van der Waals surface area (Å²) in [4.78, 5) is 9.40. The molecule has 0 N–H and O–H groups in total. The number of pyridine rings is 2. The van der Waals surface area contributed by atoms with Gasteiger partial charge < -0.3 is 18.8 Å². The molecule has 0 bridgehead atoms. The normalized spacial score (nSPS) is 17.0. The minimum atomic E-state index is 0. The Balaban J connectivity index is 0.000000147. The molecule has 4 aromatic heterocycles. The molecular weight excluding hydrogens is 949 g/mol. The number of hydrogen-bond acceptors (Lipinski definition) is 4. The summed E-state index contributed by atoms with van der Waals surface area (Å²) in [6, 6.07) is 45.1. The van der Waals surface area contributed by atoms with E-state index in [2.05, 4.69) is 140 Å². The van der Waals surface area contributed by atoms with Crippen LogP contribution in [-0.4, -0.2) is 9.97 Å². The Morgan fingerprint density at radius 3 is 1.13 bits per heavy atom. The van der Waals surface area contributed by atoms with E-state index in [1.807, 2.05) is 48.8 Å². The van der Waals surface area contributed by atoms with Crippen molar-refractivity contribution in [2.24, 2.45) is 0 Å². The van der Waals surface area contributed by atoms with Crippen molar-refractivity contribution in [3.05, 3.63) is 156 Å². The van der Waals surface area contributed by atoms with Gasteiger partial charge in [-0.15, -0.1) is 71.8 Å². The molecule has 0 atom stereocenters. The van der Waals surface area contributed by atoms with Crippen LogP contribution in [0.25, 0.3) is 87.9 Å². The number of benzene rings is 6. The van der Waals surface area contributed by atoms with Gasteiger partial charge in [-0.3, -0.25) is 0 Å². The van der Waals surface area contributed by atoms with Gasteiger partial charge in [-0.2, -0.15) is 0 Å². The molecule has 0 saturated heterocycles. The maximum Gasteiger partial charge on any atom is 0.136 e. The molecule has 12 rings (SSSR count). The van der Waals surface area contributed by atoms with E-state index in [0.29, 0.717) is 0 Å². The van der Waals surface area contributed by atoms with E-state index >= 15 is 0 Å². The van der Waals surface area contributed by atoms with Crippen LogP contribution in [0.1, 0.15) is 103 Å². The molecular formula is C58H52IrN2O2-2. The molecule has 0 saturated carbocycles. The smallest absolute Gasteiger partial charge is 0.136 e. The topological polar surface area (TPSA) is 52.1 Å². The zero-order chi connectivity index (χ0) is 42.8. The van der Waals surface area contributed by atoms with Crippen molar-refractivity contribution in [2.45, 2.75) is 103 Å². The van der Waals surface area contributed by atoms with Gasteiger partial charge in [0.15, 0.2) is 0 Å². The fourth-order valence-corrected chi connectivity index (χ4v) is 10.5. The van der Waals surface area contributed by atoms with E-state index in [9.17, 15) is 0 Å². The largest absolute Gasteiger partial charge is 0.456 e. The first-order valence-electron chi connectivity index (χ1n) is 22.2. The molecule has 0 fully saturated rings. The van der Waals surface area contributed by atoms with E-state index in [4.69, 9.17) is 18.8 Å². The van der Waals surface area contributed by atoms with Crippen LogP contribution in [0.2, 0.25) is 0 Å². The molecule has 4 nitrogen and oxygen atoms in total. The van der Waals surface area contributed by atoms with Crippen LogP contribution < -0.4 is 0 Å². The zero-order valence-electron chi connectivity index (χ0n) is 37.4. The molecule has 2 aliphatic rings. The molecule has 0 aliphatic heterocycles. The quantitative estimate of drug-likeness (QED) is 0.162. The van der Waals surface area contributed by atoms with E-state index in [0.717, 1.165) is 77.2 Å². The monoisotopic (exact) mass is 1000 g/mol. The van der Waals surface area contributed by atoms with Crippen molar-refractivity contribution >= 4 is 65.4 Å². The maximum atomic E-state index is 6.41. The van der Waals surface area contributed by atoms with Gasteiger partial charge in [0.25, 0.3) is 0 Å². The summed E-state index contributed by atoms with van der Waals surface area (Å²) in [5.41, 5.74) is 14.3. The molecule has 10 aromatic rings. The molecule has 317 valence electrons. The Kier molecular flexibility index (Phi) is 9.68. The summed E-state index contributed by atoms with van der Waals surface area (Å²) >= 11 is 0. The Morgan fingerprint density at radius 1 is 0.413 bits per heavy atom. The summed E-state index contributed by atoms with van der Waals surface area (Å²) in [7, 11) is 0. The van der Waals surface area contributed by atoms with Crippen molar-refractivity contribution < 1.29 is 28.9 Å². The Morgan fingerprint density at radius 2 is 0.762 bits per heavy atom. The number of aromatic nitrogens is 2. The molecule has 4 heterocycles. The summed E-state index contributed by atoms with van der Waals surface area (Å²) < 4.78 is 12.8. The SMILES string of the molecule is CC1(C)CCC(C)(C)c2cc3c(cc21)oc1cc2ccnc(-c4[c-]cccc4)c2cc13.CC1(C)CCC(C)(C)c2cc3c(cc21)oc1cc2ccnc(-c4[c-]cccc4)c2cc13.[Ir]. The van der Waals surface area contributed by atoms with Gasteiger partial charge in [0.05, 0.1) is 0 Å². The Bertz CT molecular complexity index is 3180. The number of furan rings is 2. The fourth-order valence-electron chi connectivity index (χ4n) is 10.5. The number of hydrogen-bond donors (Lipinski definition) is 0. The fraction of sp³-hybridized carbons (Fsp3) is 0.276. The van der Waals surface area contributed by atoms with Crippen molar-refractivity contribution in [3.8, 4) is 22.5 Å². The van der Waals surface area contributed by atoms with Crippen LogP contribution in [0.4, 0.5) is 0 Å². The predicted octanol–water partition coefficient (Wildman–Crippen LogP) is 15.9. The number of nitrogens with zero attached hydrogens (tertiary/aromatic N) is 2. The summed E-state index contributed by atoms with van der Waals surface area (Å²) in [6.07, 6.45) is 8.55. The second-order valence-corrected chi connectivity index (χ2v) is 20.5. The van der Waals surface area contributed by atoms with Crippen molar-refractivity contribution in [3.63, 3.8) is 0 Å². The average molecular weight is 1000 g/mol. The molecule has 0 amide bonds. The minimum absolute atomic E-state index is 0. The zero-order valence-corrected chi connectivity index (χ0v) is 39.8. The Labute approximate surface area is 383 Å². The van der Waals surface area contributed by atoms with Crippen LogP contribution in [0.3, 0.4) is 0 Å². The van der Waals surface area contributed by atoms with Crippen molar-refractivity contribution in [1.82, 2.24) is 9.97 Å². The van der Waals surface area contributed by atoms with Crippen LogP contribution in [0.5, 0.6) is 0 Å². The van der Waals surface area contributed by atoms with Gasteiger partial charge in [-0.25, -0.2) is 0 Å². The molecule has 5 heteroatoms. The van der Waals surface area contributed by atoms with E-state index in [1.54, 1.807) is 0 Å². The summed E-state index contributed by atoms with van der Waals surface area (Å²) in [6.45, 7) is 18.9. The van der Waals surface area contributed by atoms with Crippen LogP contribution in [-0.2, 0) is 41.8 Å². The van der Waals surface area contributed by atoms with E-state index in [1.165, 1.54) is 58.7 Å². The third-order valence-electron chi connectivity index (χ3n) is 14.6. The van der Waals surface area contributed by atoms with Crippen LogP contribution >= 0.6 is 0 Å². The second kappa shape index (κ2) is 14.7. The third kappa shape index (κ3) is 6.82. The standard InChI is InChI=1S/2C29H26NO.Ir/c2*1-28(2)11-12-29(3,4)24-17-26-22(16-23(24)28)21-15-20-19(14-25(21)31-26)10-13-30-27(20)18-8-6-5-7-9-18;/h2*5-8,10,13-17H,11-12H2,1-4H3;/q2*-1;. The third-order valence-corrected chi connectivity index (χ3v) is 14.6. The van der Waals surface area contributed by atoms with Gasteiger partial charge >= 0.3 is 0 Å². The number of fused-ring (bicyclic) bond motifs is 10. The van der Waals surface area contributed by atoms with Crippen LogP contribution in [0, 0.1) is 12.1 Å². The van der Waals surface area contributed by atoms with E-state index in [-0.39, 0.29) is 41.8 Å². The molecule has 63 heavy (non-hydrogen) atoms. The van der Waals surface area contributed by atoms with Gasteiger partial charge in [0.2, 0.25) is 0 Å². The molecule has 1 radical (unpaired) electrons. The van der Waals surface area contributed by atoms with Crippen molar-refractivity contribution in [2.75, 3.05) is 0 Å². The maximum absolute atomic E-state index is 6.41. The minimum Gasteiger partial charge on any atom is -0.456 e. The van der Waals surface area contributed by atoms with Crippen LogP contribution in [0.15, 0.2) is 130 Å². The average Bonchev–Trinajstić information content (AvgIpc) is 3.81. The predicted molar refractivity (Wildman–Crippen MR) is 257 cm³/mol. The van der Waals surface area contributed by atoms with E-state index < -0.39 is 0 Å². The molecule has 0 unspecified atom stereocenters. The van der Waals surface area contributed by atoms with Gasteiger partial charge in [-0.05, 0) is 163 Å². The summed E-state index contributed by atoms with van der Waals surface area (Å²) in [5, 5.41) is 9.28. The van der Waals surface area contributed by atoms with Gasteiger partial charge in [0, 0.05) is 54.0 Å².